The number of benzene rings is 1. The van der Waals surface area contributed by atoms with Gasteiger partial charge in [0.05, 0.1) is 14.5 Å². The molecule has 0 spiro atoms. The number of fused-ring (bicyclic) bond motifs is 1. The van der Waals surface area contributed by atoms with Gasteiger partial charge in [-0.05, 0) is 70.1 Å². The van der Waals surface area contributed by atoms with Crippen molar-refractivity contribution in [3.05, 3.63) is 23.7 Å². The van der Waals surface area contributed by atoms with Gasteiger partial charge in [-0.3, -0.25) is 0 Å². The molecular weight excluding hydrogens is 468 g/mol. The van der Waals surface area contributed by atoms with Gasteiger partial charge in [-0.2, -0.15) is 0 Å². The molecular formula is C10H8Br4N2. The third-order valence-corrected chi connectivity index (χ3v) is 6.99. The van der Waals surface area contributed by atoms with Crippen molar-refractivity contribution in [1.29, 1.82) is 0 Å². The van der Waals surface area contributed by atoms with Crippen molar-refractivity contribution in [1.82, 2.24) is 9.97 Å². The molecule has 0 saturated carbocycles. The summed E-state index contributed by atoms with van der Waals surface area (Å²) in [5.74, 6) is 1.02. The summed E-state index contributed by atoms with van der Waals surface area (Å²) < 4.78 is 3.92. The number of imidazole rings is 1. The molecule has 0 saturated heterocycles. The Labute approximate surface area is 127 Å². The second kappa shape index (κ2) is 5.08. The van der Waals surface area contributed by atoms with Crippen LogP contribution in [0.2, 0.25) is 0 Å². The number of aromatic nitrogens is 2. The van der Waals surface area contributed by atoms with Gasteiger partial charge in [-0.1, -0.05) is 6.92 Å². The van der Waals surface area contributed by atoms with Crippen LogP contribution >= 0.6 is 63.7 Å². The minimum Gasteiger partial charge on any atom is -0.341 e. The van der Waals surface area contributed by atoms with Crippen molar-refractivity contribution in [2.24, 2.45) is 0 Å². The van der Waals surface area contributed by atoms with Crippen LogP contribution in [-0.2, 0) is 6.42 Å². The smallest absolute Gasteiger partial charge is 0.107 e. The highest BCUT2D eigenvalue weighted by Gasteiger charge is 2.16. The van der Waals surface area contributed by atoms with Crippen LogP contribution < -0.4 is 0 Å². The van der Waals surface area contributed by atoms with Crippen LogP contribution in [0.1, 0.15) is 19.2 Å². The number of hydrogen-bond acceptors (Lipinski definition) is 1. The predicted molar refractivity (Wildman–Crippen MR) is 80.9 cm³/mol. The summed E-state index contributed by atoms with van der Waals surface area (Å²) >= 11 is 14.2. The van der Waals surface area contributed by atoms with E-state index in [9.17, 15) is 0 Å². The quantitative estimate of drug-likeness (QED) is 0.447. The van der Waals surface area contributed by atoms with Crippen molar-refractivity contribution < 1.29 is 0 Å². The fourth-order valence-corrected chi connectivity index (χ4v) is 3.79. The van der Waals surface area contributed by atoms with Gasteiger partial charge >= 0.3 is 0 Å². The molecule has 2 aromatic rings. The number of rotatable bonds is 2. The van der Waals surface area contributed by atoms with E-state index < -0.39 is 0 Å². The highest BCUT2D eigenvalue weighted by Crippen LogP contribution is 2.42. The highest BCUT2D eigenvalue weighted by molar-refractivity contribution is 9.15. The van der Waals surface area contributed by atoms with Gasteiger partial charge in [-0.25, -0.2) is 4.98 Å². The van der Waals surface area contributed by atoms with Gasteiger partial charge < -0.3 is 4.98 Å². The van der Waals surface area contributed by atoms with Crippen LogP contribution in [0.3, 0.4) is 0 Å². The predicted octanol–water partition coefficient (Wildman–Crippen LogP) is 5.57. The van der Waals surface area contributed by atoms with E-state index >= 15 is 0 Å². The second-order valence-electron chi connectivity index (χ2n) is 3.41. The van der Waals surface area contributed by atoms with Crippen LogP contribution in [0.25, 0.3) is 11.0 Å². The van der Waals surface area contributed by atoms with Crippen molar-refractivity contribution in [2.45, 2.75) is 19.8 Å². The third kappa shape index (κ3) is 2.13. The van der Waals surface area contributed by atoms with Crippen LogP contribution in [0.15, 0.2) is 17.9 Å². The van der Waals surface area contributed by atoms with Gasteiger partial charge in [-0.15, -0.1) is 0 Å². The molecule has 2 nitrogen and oxygen atoms in total. The lowest BCUT2D eigenvalue weighted by atomic mass is 10.3. The Morgan fingerprint density at radius 2 is 1.62 bits per heavy atom. The molecule has 0 fully saturated rings. The first-order valence-corrected chi connectivity index (χ1v) is 7.94. The number of aryl methyl sites for hydroxylation is 1. The largest absolute Gasteiger partial charge is 0.341 e. The summed E-state index contributed by atoms with van der Waals surface area (Å²) in [6.45, 7) is 2.14. The maximum absolute atomic E-state index is 4.58. The Bertz CT molecular complexity index is 502. The maximum atomic E-state index is 4.58. The molecule has 0 amide bonds. The van der Waals surface area contributed by atoms with Crippen molar-refractivity contribution in [2.75, 3.05) is 0 Å². The molecule has 0 aliphatic heterocycles. The molecule has 2 rings (SSSR count). The van der Waals surface area contributed by atoms with Crippen LogP contribution in [-0.4, -0.2) is 9.97 Å². The molecule has 1 aromatic heterocycles. The van der Waals surface area contributed by atoms with Crippen molar-refractivity contribution in [3.63, 3.8) is 0 Å². The van der Waals surface area contributed by atoms with Crippen molar-refractivity contribution >= 4 is 74.8 Å². The number of nitrogens with one attached hydrogen (secondary N) is 1. The van der Waals surface area contributed by atoms with E-state index in [-0.39, 0.29) is 0 Å². The summed E-state index contributed by atoms with van der Waals surface area (Å²) in [7, 11) is 0. The van der Waals surface area contributed by atoms with E-state index in [0.29, 0.717) is 0 Å². The minimum absolute atomic E-state index is 0.949. The third-order valence-electron chi connectivity index (χ3n) is 2.25. The molecule has 0 bridgehead atoms. The van der Waals surface area contributed by atoms with Gasteiger partial charge in [0.25, 0.3) is 0 Å². The fourth-order valence-electron chi connectivity index (χ4n) is 1.50. The lowest BCUT2D eigenvalue weighted by molar-refractivity contribution is 0.861. The number of halogens is 4. The molecule has 0 radical (unpaired) electrons. The first-order chi connectivity index (χ1) is 7.56. The Kier molecular flexibility index (Phi) is 4.14. The lowest BCUT2D eigenvalue weighted by Gasteiger charge is -2.03. The molecule has 0 atom stereocenters. The molecule has 0 aliphatic rings. The SMILES string of the molecule is CCCc1nc2c(Br)c(Br)c(Br)c(Br)c2[nH]1. The van der Waals surface area contributed by atoms with Gasteiger partial charge in [0.1, 0.15) is 11.3 Å². The Balaban J connectivity index is 2.76. The van der Waals surface area contributed by atoms with Gasteiger partial charge in [0.15, 0.2) is 0 Å². The average Bonchev–Trinajstić information content (AvgIpc) is 2.68. The molecule has 1 aromatic carbocycles. The van der Waals surface area contributed by atoms with Gasteiger partial charge in [0.2, 0.25) is 0 Å². The second-order valence-corrected chi connectivity index (χ2v) is 6.59. The zero-order valence-electron chi connectivity index (χ0n) is 8.37. The Morgan fingerprint density at radius 3 is 2.25 bits per heavy atom. The number of aromatic amines is 1. The van der Waals surface area contributed by atoms with E-state index in [0.717, 1.165) is 47.6 Å². The Morgan fingerprint density at radius 1 is 1.00 bits per heavy atom. The fraction of sp³-hybridized carbons (Fsp3) is 0.300. The molecule has 16 heavy (non-hydrogen) atoms. The Hall–Kier alpha value is 0.610. The summed E-state index contributed by atoms with van der Waals surface area (Å²) in [4.78, 5) is 7.92. The number of hydrogen-bond donors (Lipinski definition) is 1. The molecule has 6 heteroatoms. The van der Waals surface area contributed by atoms with Crippen LogP contribution in [0.5, 0.6) is 0 Å². The average molecular weight is 476 g/mol. The van der Waals surface area contributed by atoms with E-state index in [2.05, 4.69) is 80.6 Å². The van der Waals surface area contributed by atoms with Crippen molar-refractivity contribution in [3.8, 4) is 0 Å². The molecule has 1 heterocycles. The molecule has 0 aliphatic carbocycles. The number of H-pyrrole nitrogens is 1. The summed E-state index contributed by atoms with van der Waals surface area (Å²) in [6, 6.07) is 0. The van der Waals surface area contributed by atoms with E-state index in [1.807, 2.05) is 0 Å². The number of nitrogens with zero attached hydrogens (tertiary/aromatic N) is 1. The van der Waals surface area contributed by atoms with Crippen LogP contribution in [0, 0.1) is 0 Å². The molecule has 0 unspecified atom stereocenters. The monoisotopic (exact) mass is 472 g/mol. The first-order valence-electron chi connectivity index (χ1n) is 4.76. The van der Waals surface area contributed by atoms with Crippen LogP contribution in [0.4, 0.5) is 0 Å². The van der Waals surface area contributed by atoms with Gasteiger partial charge in [0, 0.05) is 15.4 Å². The standard InChI is InChI=1S/C10H8Br4N2/c1-2-3-4-15-9-7(13)5(11)6(12)8(14)10(9)16-4/h2-3H2,1H3,(H,15,16). The maximum Gasteiger partial charge on any atom is 0.107 e. The minimum atomic E-state index is 0.949. The highest BCUT2D eigenvalue weighted by atomic mass is 79.9. The zero-order valence-corrected chi connectivity index (χ0v) is 14.7. The topological polar surface area (TPSA) is 28.7 Å². The zero-order chi connectivity index (χ0) is 11.9. The molecule has 86 valence electrons. The first kappa shape index (κ1) is 13.1. The van der Waals surface area contributed by atoms with E-state index in [4.69, 9.17) is 0 Å². The van der Waals surface area contributed by atoms with E-state index in [1.54, 1.807) is 0 Å². The lowest BCUT2D eigenvalue weighted by Crippen LogP contribution is -1.84. The normalized spacial score (nSPS) is 11.3. The summed E-state index contributed by atoms with van der Waals surface area (Å²) in [5.41, 5.74) is 1.97. The summed E-state index contributed by atoms with van der Waals surface area (Å²) in [5, 5.41) is 0. The van der Waals surface area contributed by atoms with E-state index in [1.165, 1.54) is 0 Å². The molecule has 1 N–H and O–H groups in total. The summed E-state index contributed by atoms with van der Waals surface area (Å²) in [6.07, 6.45) is 2.04.